The fourth-order valence-corrected chi connectivity index (χ4v) is 1.98. The Kier molecular flexibility index (Phi) is 9.62. The van der Waals surface area contributed by atoms with Crippen LogP contribution in [0.5, 0.6) is 0 Å². The summed E-state index contributed by atoms with van der Waals surface area (Å²) in [5, 5.41) is 8.84. The van der Waals surface area contributed by atoms with Gasteiger partial charge < -0.3 is 5.11 Å². The van der Waals surface area contributed by atoms with Gasteiger partial charge in [-0.3, -0.25) is 9.59 Å². The van der Waals surface area contributed by atoms with Crippen molar-refractivity contribution < 1.29 is 14.7 Å². The topological polar surface area (TPSA) is 54.4 Å². The Morgan fingerprint density at radius 1 is 0.889 bits per heavy atom. The molecule has 2 unspecified atom stereocenters. The maximum Gasteiger partial charge on any atom is 0.306 e. The van der Waals surface area contributed by atoms with Crippen LogP contribution in [0.25, 0.3) is 0 Å². The van der Waals surface area contributed by atoms with Crippen LogP contribution >= 0.6 is 0 Å². The van der Waals surface area contributed by atoms with Gasteiger partial charge in [0.05, 0.1) is 5.92 Å². The monoisotopic (exact) mass is 256 g/mol. The molecule has 0 aliphatic carbocycles. The van der Waals surface area contributed by atoms with Crippen LogP contribution in [0.4, 0.5) is 0 Å². The van der Waals surface area contributed by atoms with Crippen molar-refractivity contribution in [3.05, 3.63) is 0 Å². The first-order chi connectivity index (χ1) is 8.50. The molecule has 18 heavy (non-hydrogen) atoms. The van der Waals surface area contributed by atoms with E-state index in [1.807, 2.05) is 0 Å². The highest BCUT2D eigenvalue weighted by molar-refractivity contribution is 5.85. The highest BCUT2D eigenvalue weighted by Crippen LogP contribution is 2.16. The number of carbonyl (C=O) groups excluding carboxylic acids is 1. The zero-order chi connectivity index (χ0) is 14.0. The normalized spacial score (nSPS) is 14.2. The summed E-state index contributed by atoms with van der Waals surface area (Å²) in [6.07, 6.45) is 8.81. The Morgan fingerprint density at radius 2 is 1.39 bits per heavy atom. The average Bonchev–Trinajstić information content (AvgIpc) is 2.35. The van der Waals surface area contributed by atoms with Crippen LogP contribution in [-0.4, -0.2) is 16.9 Å². The molecule has 3 nitrogen and oxygen atoms in total. The predicted molar refractivity (Wildman–Crippen MR) is 73.6 cm³/mol. The molecule has 0 bridgehead atoms. The van der Waals surface area contributed by atoms with E-state index in [-0.39, 0.29) is 11.7 Å². The van der Waals surface area contributed by atoms with Gasteiger partial charge in [-0.2, -0.15) is 0 Å². The van der Waals surface area contributed by atoms with Crippen molar-refractivity contribution in [3.63, 3.8) is 0 Å². The van der Waals surface area contributed by atoms with E-state index in [4.69, 9.17) is 5.11 Å². The summed E-state index contributed by atoms with van der Waals surface area (Å²) in [5.41, 5.74) is 0. The van der Waals surface area contributed by atoms with Crippen LogP contribution in [0.1, 0.15) is 72.1 Å². The number of rotatable bonds is 11. The van der Waals surface area contributed by atoms with E-state index in [9.17, 15) is 9.59 Å². The first-order valence-corrected chi connectivity index (χ1v) is 7.26. The highest BCUT2D eigenvalue weighted by atomic mass is 16.4. The van der Waals surface area contributed by atoms with Crippen LogP contribution in [0.2, 0.25) is 0 Å². The molecule has 0 spiro atoms. The molecule has 0 fully saturated rings. The van der Waals surface area contributed by atoms with E-state index in [1.165, 1.54) is 32.1 Å². The van der Waals surface area contributed by atoms with Gasteiger partial charge in [0.25, 0.3) is 0 Å². The number of hydrogen-bond acceptors (Lipinski definition) is 2. The summed E-state index contributed by atoms with van der Waals surface area (Å²) in [7, 11) is 0. The average molecular weight is 256 g/mol. The molecular weight excluding hydrogens is 228 g/mol. The summed E-state index contributed by atoms with van der Waals surface area (Å²) in [6, 6.07) is 0. The summed E-state index contributed by atoms with van der Waals surface area (Å²) in [6.45, 7) is 5.53. The molecule has 0 aliphatic heterocycles. The minimum atomic E-state index is -0.879. The third-order valence-electron chi connectivity index (χ3n) is 3.67. The lowest BCUT2D eigenvalue weighted by atomic mass is 9.89. The Hall–Kier alpha value is -0.860. The molecule has 0 aromatic carbocycles. The van der Waals surface area contributed by atoms with Crippen molar-refractivity contribution in [3.8, 4) is 0 Å². The van der Waals surface area contributed by atoms with Gasteiger partial charge in [-0.25, -0.2) is 0 Å². The summed E-state index contributed by atoms with van der Waals surface area (Å²) < 4.78 is 0. The molecule has 0 saturated heterocycles. The molecular formula is C15H28O3. The van der Waals surface area contributed by atoms with Crippen molar-refractivity contribution in [1.29, 1.82) is 0 Å². The largest absolute Gasteiger partial charge is 0.481 e. The van der Waals surface area contributed by atoms with Gasteiger partial charge in [-0.15, -0.1) is 0 Å². The number of carbonyl (C=O) groups is 2. The number of carboxylic acids is 1. The van der Waals surface area contributed by atoms with Crippen LogP contribution < -0.4 is 0 Å². The lowest BCUT2D eigenvalue weighted by Gasteiger charge is -2.14. The van der Waals surface area contributed by atoms with Crippen LogP contribution in [0.3, 0.4) is 0 Å². The molecule has 0 radical (unpaired) electrons. The van der Waals surface area contributed by atoms with Crippen LogP contribution in [-0.2, 0) is 9.59 Å². The van der Waals surface area contributed by atoms with Crippen molar-refractivity contribution in [2.75, 3.05) is 0 Å². The summed E-state index contributed by atoms with van der Waals surface area (Å²) in [5.74, 6) is -1.71. The number of hydrogen-bond donors (Lipinski definition) is 1. The summed E-state index contributed by atoms with van der Waals surface area (Å²) in [4.78, 5) is 22.5. The van der Waals surface area contributed by atoms with E-state index in [0.717, 1.165) is 12.8 Å². The second-order valence-electron chi connectivity index (χ2n) is 5.25. The maximum absolute atomic E-state index is 11.8. The van der Waals surface area contributed by atoms with Gasteiger partial charge in [0.1, 0.15) is 5.78 Å². The van der Waals surface area contributed by atoms with Crippen molar-refractivity contribution in [2.24, 2.45) is 11.8 Å². The predicted octanol–water partition coefficient (Wildman–Crippen LogP) is 4.05. The lowest BCUT2D eigenvalue weighted by Crippen LogP contribution is -2.25. The van der Waals surface area contributed by atoms with E-state index >= 15 is 0 Å². The second-order valence-corrected chi connectivity index (χ2v) is 5.25. The van der Waals surface area contributed by atoms with Gasteiger partial charge in [0.15, 0.2) is 0 Å². The smallest absolute Gasteiger partial charge is 0.306 e. The van der Waals surface area contributed by atoms with Crippen molar-refractivity contribution in [2.45, 2.75) is 72.1 Å². The lowest BCUT2D eigenvalue weighted by molar-refractivity contribution is -0.145. The van der Waals surface area contributed by atoms with Gasteiger partial charge >= 0.3 is 5.97 Å². The van der Waals surface area contributed by atoms with E-state index in [2.05, 4.69) is 6.92 Å². The molecule has 3 heteroatoms. The number of unbranched alkanes of at least 4 members (excludes halogenated alkanes) is 6. The number of carboxylic acid groups (broad SMARTS) is 1. The van der Waals surface area contributed by atoms with Crippen LogP contribution in [0.15, 0.2) is 0 Å². The van der Waals surface area contributed by atoms with E-state index < -0.39 is 11.9 Å². The molecule has 0 rings (SSSR count). The Balaban J connectivity index is 3.61. The molecule has 0 aromatic rings. The third kappa shape index (κ3) is 7.46. The quantitative estimate of drug-likeness (QED) is 0.567. The first kappa shape index (κ1) is 17.1. The zero-order valence-electron chi connectivity index (χ0n) is 12.1. The minimum Gasteiger partial charge on any atom is -0.481 e. The van der Waals surface area contributed by atoms with E-state index in [0.29, 0.717) is 6.42 Å². The second kappa shape index (κ2) is 10.1. The Morgan fingerprint density at radius 3 is 1.89 bits per heavy atom. The number of aliphatic carboxylic acids is 1. The molecule has 106 valence electrons. The van der Waals surface area contributed by atoms with Gasteiger partial charge in [0, 0.05) is 12.3 Å². The summed E-state index contributed by atoms with van der Waals surface area (Å²) >= 11 is 0. The van der Waals surface area contributed by atoms with Gasteiger partial charge in [-0.05, 0) is 6.42 Å². The molecule has 0 heterocycles. The standard InChI is InChI=1S/C15H28O3/c1-4-5-6-7-8-9-10-11-14(16)12(2)13(3)15(17)18/h12-13H,4-11H2,1-3H3,(H,17,18). The van der Waals surface area contributed by atoms with E-state index in [1.54, 1.807) is 13.8 Å². The van der Waals surface area contributed by atoms with Crippen molar-refractivity contribution >= 4 is 11.8 Å². The Labute approximate surface area is 111 Å². The molecule has 0 amide bonds. The molecule has 1 N–H and O–H groups in total. The van der Waals surface area contributed by atoms with Crippen LogP contribution in [0, 0.1) is 11.8 Å². The molecule has 0 aromatic heterocycles. The fourth-order valence-electron chi connectivity index (χ4n) is 1.98. The fraction of sp³-hybridized carbons (Fsp3) is 0.867. The first-order valence-electron chi connectivity index (χ1n) is 7.26. The van der Waals surface area contributed by atoms with Gasteiger partial charge in [-0.1, -0.05) is 59.3 Å². The van der Waals surface area contributed by atoms with Crippen molar-refractivity contribution in [1.82, 2.24) is 0 Å². The molecule has 2 atom stereocenters. The molecule has 0 saturated carbocycles. The van der Waals surface area contributed by atoms with Gasteiger partial charge in [0.2, 0.25) is 0 Å². The zero-order valence-corrected chi connectivity index (χ0v) is 12.1. The number of Topliss-reactive ketones (excluding diaryl/α,β-unsaturated/α-hetero) is 1. The highest BCUT2D eigenvalue weighted by Gasteiger charge is 2.24. The SMILES string of the molecule is CCCCCCCCCC(=O)C(C)C(C)C(=O)O. The number of ketones is 1. The third-order valence-corrected chi connectivity index (χ3v) is 3.67. The Bertz CT molecular complexity index is 248. The minimum absolute atomic E-state index is 0.0958. The maximum atomic E-state index is 11.8. The molecule has 0 aliphatic rings.